The van der Waals surface area contributed by atoms with E-state index in [1.807, 2.05) is 26.1 Å². The summed E-state index contributed by atoms with van der Waals surface area (Å²) < 4.78 is 0. The third-order valence-electron chi connectivity index (χ3n) is 1.77. The molecule has 0 bridgehead atoms. The molecular weight excluding hydrogens is 174 g/mol. The molecule has 0 aromatic heterocycles. The van der Waals surface area contributed by atoms with Gasteiger partial charge in [-0.25, -0.2) is 0 Å². The van der Waals surface area contributed by atoms with E-state index in [9.17, 15) is 5.11 Å². The van der Waals surface area contributed by atoms with Crippen LogP contribution in [0.25, 0.3) is 0 Å². The number of hydrogen-bond acceptors (Lipinski definition) is 2. The lowest BCUT2D eigenvalue weighted by Gasteiger charge is -2.06. The first-order chi connectivity index (χ1) is 5.66. The van der Waals surface area contributed by atoms with Crippen LogP contribution in [-0.2, 0) is 6.54 Å². The molecule has 0 aliphatic carbocycles. The summed E-state index contributed by atoms with van der Waals surface area (Å²) in [5.74, 6) is 0.185. The topological polar surface area (TPSA) is 32.3 Å². The van der Waals surface area contributed by atoms with E-state index in [0.29, 0.717) is 11.6 Å². The zero-order valence-electron chi connectivity index (χ0n) is 7.19. The average molecular weight is 186 g/mol. The number of nitrogens with one attached hydrogen (secondary N) is 1. The summed E-state index contributed by atoms with van der Waals surface area (Å²) in [5, 5.41) is 12.9. The SMILES string of the molecule is CNCc1ccc(C)c(O)c1Cl. The van der Waals surface area contributed by atoms with Gasteiger partial charge in [0.2, 0.25) is 0 Å². The van der Waals surface area contributed by atoms with Crippen LogP contribution >= 0.6 is 11.6 Å². The van der Waals surface area contributed by atoms with E-state index in [1.165, 1.54) is 0 Å². The van der Waals surface area contributed by atoms with E-state index < -0.39 is 0 Å². The fraction of sp³-hybridized carbons (Fsp3) is 0.333. The monoisotopic (exact) mass is 185 g/mol. The van der Waals surface area contributed by atoms with Crippen molar-refractivity contribution in [3.05, 3.63) is 28.3 Å². The van der Waals surface area contributed by atoms with E-state index in [1.54, 1.807) is 0 Å². The lowest BCUT2D eigenvalue weighted by molar-refractivity contribution is 0.470. The summed E-state index contributed by atoms with van der Waals surface area (Å²) in [6.45, 7) is 2.50. The van der Waals surface area contributed by atoms with Crippen LogP contribution in [0.5, 0.6) is 5.75 Å². The number of phenols is 1. The van der Waals surface area contributed by atoms with Crippen LogP contribution in [0.3, 0.4) is 0 Å². The third-order valence-corrected chi connectivity index (χ3v) is 2.19. The molecule has 0 spiro atoms. The molecule has 0 fully saturated rings. The van der Waals surface area contributed by atoms with Gasteiger partial charge in [-0.1, -0.05) is 23.7 Å². The van der Waals surface area contributed by atoms with Crippen molar-refractivity contribution in [2.45, 2.75) is 13.5 Å². The molecular formula is C9H12ClNO. The second-order valence-corrected chi connectivity index (χ2v) is 3.11. The number of benzene rings is 1. The van der Waals surface area contributed by atoms with Gasteiger partial charge in [-0.15, -0.1) is 0 Å². The molecule has 0 unspecified atom stereocenters. The molecule has 3 heteroatoms. The zero-order valence-corrected chi connectivity index (χ0v) is 7.94. The number of phenolic OH excluding ortho intramolecular Hbond substituents is 1. The maximum absolute atomic E-state index is 9.45. The molecule has 66 valence electrons. The van der Waals surface area contributed by atoms with Gasteiger partial charge in [0.05, 0.1) is 5.02 Å². The first-order valence-electron chi connectivity index (χ1n) is 3.78. The summed E-state index contributed by atoms with van der Waals surface area (Å²) >= 11 is 5.89. The van der Waals surface area contributed by atoms with Crippen LogP contribution in [0.15, 0.2) is 12.1 Å². The fourth-order valence-electron chi connectivity index (χ4n) is 1.03. The largest absolute Gasteiger partial charge is 0.506 e. The van der Waals surface area contributed by atoms with Crippen molar-refractivity contribution in [2.75, 3.05) is 7.05 Å². The number of hydrogen-bond donors (Lipinski definition) is 2. The quantitative estimate of drug-likeness (QED) is 0.740. The fourth-order valence-corrected chi connectivity index (χ4v) is 1.31. The van der Waals surface area contributed by atoms with E-state index in [4.69, 9.17) is 11.6 Å². The average Bonchev–Trinajstić information content (AvgIpc) is 2.07. The Morgan fingerprint density at radius 3 is 2.75 bits per heavy atom. The first kappa shape index (κ1) is 9.36. The molecule has 0 atom stereocenters. The Morgan fingerprint density at radius 2 is 2.17 bits per heavy atom. The normalized spacial score (nSPS) is 10.2. The highest BCUT2D eigenvalue weighted by molar-refractivity contribution is 6.32. The van der Waals surface area contributed by atoms with Crippen LogP contribution in [0, 0.1) is 6.92 Å². The molecule has 0 aliphatic heterocycles. The van der Waals surface area contributed by atoms with Crippen LogP contribution < -0.4 is 5.32 Å². The highest BCUT2D eigenvalue weighted by Crippen LogP contribution is 2.30. The maximum atomic E-state index is 9.45. The molecule has 0 amide bonds. The second kappa shape index (κ2) is 3.78. The summed E-state index contributed by atoms with van der Waals surface area (Å²) in [7, 11) is 1.84. The minimum atomic E-state index is 0.185. The van der Waals surface area contributed by atoms with Gasteiger partial charge >= 0.3 is 0 Å². The van der Waals surface area contributed by atoms with E-state index >= 15 is 0 Å². The smallest absolute Gasteiger partial charge is 0.137 e. The van der Waals surface area contributed by atoms with E-state index in [0.717, 1.165) is 11.1 Å². The standard InChI is InChI=1S/C9H12ClNO/c1-6-3-4-7(5-11-2)8(10)9(6)12/h3-4,11-12H,5H2,1-2H3. The minimum absolute atomic E-state index is 0.185. The van der Waals surface area contributed by atoms with Crippen molar-refractivity contribution < 1.29 is 5.11 Å². The molecule has 1 rings (SSSR count). The molecule has 12 heavy (non-hydrogen) atoms. The van der Waals surface area contributed by atoms with Crippen LogP contribution in [-0.4, -0.2) is 12.2 Å². The minimum Gasteiger partial charge on any atom is -0.506 e. The second-order valence-electron chi connectivity index (χ2n) is 2.73. The van der Waals surface area contributed by atoms with Crippen molar-refractivity contribution in [2.24, 2.45) is 0 Å². The van der Waals surface area contributed by atoms with Gasteiger partial charge in [0.1, 0.15) is 5.75 Å². The molecule has 2 nitrogen and oxygen atoms in total. The molecule has 2 N–H and O–H groups in total. The predicted octanol–water partition coefficient (Wildman–Crippen LogP) is 2.07. The Labute approximate surface area is 77.2 Å². The Morgan fingerprint density at radius 1 is 1.50 bits per heavy atom. The highest BCUT2D eigenvalue weighted by Gasteiger charge is 2.06. The molecule has 0 saturated heterocycles. The van der Waals surface area contributed by atoms with Gasteiger partial charge < -0.3 is 10.4 Å². The summed E-state index contributed by atoms with van der Waals surface area (Å²) in [6, 6.07) is 3.77. The van der Waals surface area contributed by atoms with E-state index in [2.05, 4.69) is 5.32 Å². The van der Waals surface area contributed by atoms with Crippen molar-refractivity contribution in [3.63, 3.8) is 0 Å². The van der Waals surface area contributed by atoms with Crippen LogP contribution in [0.4, 0.5) is 0 Å². The van der Waals surface area contributed by atoms with Gasteiger partial charge in [-0.3, -0.25) is 0 Å². The van der Waals surface area contributed by atoms with Crippen molar-refractivity contribution >= 4 is 11.6 Å². The molecule has 0 radical (unpaired) electrons. The molecule has 1 aromatic rings. The molecule has 0 heterocycles. The Bertz CT molecular complexity index is 286. The number of aryl methyl sites for hydroxylation is 1. The lowest BCUT2D eigenvalue weighted by atomic mass is 10.1. The Hall–Kier alpha value is -0.730. The van der Waals surface area contributed by atoms with Crippen molar-refractivity contribution in [1.29, 1.82) is 0 Å². The van der Waals surface area contributed by atoms with Crippen LogP contribution in [0.1, 0.15) is 11.1 Å². The van der Waals surface area contributed by atoms with Crippen molar-refractivity contribution in [3.8, 4) is 5.75 Å². The Kier molecular flexibility index (Phi) is 2.95. The van der Waals surface area contributed by atoms with Gasteiger partial charge in [0.15, 0.2) is 0 Å². The first-order valence-corrected chi connectivity index (χ1v) is 4.16. The van der Waals surface area contributed by atoms with Gasteiger partial charge in [0, 0.05) is 6.54 Å². The number of rotatable bonds is 2. The van der Waals surface area contributed by atoms with Gasteiger partial charge in [-0.05, 0) is 25.1 Å². The highest BCUT2D eigenvalue weighted by atomic mass is 35.5. The summed E-state index contributed by atoms with van der Waals surface area (Å²) in [5.41, 5.74) is 1.72. The Balaban J connectivity index is 3.08. The molecule has 0 saturated carbocycles. The van der Waals surface area contributed by atoms with Crippen molar-refractivity contribution in [1.82, 2.24) is 5.32 Å². The van der Waals surface area contributed by atoms with Gasteiger partial charge in [0.25, 0.3) is 0 Å². The maximum Gasteiger partial charge on any atom is 0.137 e. The summed E-state index contributed by atoms with van der Waals surface area (Å²) in [4.78, 5) is 0. The van der Waals surface area contributed by atoms with Crippen LogP contribution in [0.2, 0.25) is 5.02 Å². The van der Waals surface area contributed by atoms with Gasteiger partial charge in [-0.2, -0.15) is 0 Å². The third kappa shape index (κ3) is 1.71. The van der Waals surface area contributed by atoms with E-state index in [-0.39, 0.29) is 5.75 Å². The predicted molar refractivity (Wildman–Crippen MR) is 50.6 cm³/mol. The summed E-state index contributed by atoms with van der Waals surface area (Å²) in [6.07, 6.45) is 0. The lowest BCUT2D eigenvalue weighted by Crippen LogP contribution is -2.05. The number of aromatic hydroxyl groups is 1. The molecule has 1 aromatic carbocycles. The number of halogens is 1. The zero-order chi connectivity index (χ0) is 9.14. The molecule has 0 aliphatic rings.